The van der Waals surface area contributed by atoms with Crippen LogP contribution in [0.15, 0.2) is 24.3 Å². The summed E-state index contributed by atoms with van der Waals surface area (Å²) in [6.07, 6.45) is 7.00. The van der Waals surface area contributed by atoms with Crippen LogP contribution in [0.25, 0.3) is 0 Å². The van der Waals surface area contributed by atoms with Crippen LogP contribution in [0.3, 0.4) is 0 Å². The Kier molecular flexibility index (Phi) is 5.08. The fourth-order valence-electron chi connectivity index (χ4n) is 4.67. The summed E-state index contributed by atoms with van der Waals surface area (Å²) in [6.45, 7) is 6.62. The summed E-state index contributed by atoms with van der Waals surface area (Å²) in [4.78, 5) is 12.3. The van der Waals surface area contributed by atoms with Crippen molar-refractivity contribution in [1.82, 2.24) is 5.32 Å². The molecule has 126 valence electrons. The number of carbonyl (C=O) groups excluding carboxylic acids is 1. The number of amides is 1. The van der Waals surface area contributed by atoms with Gasteiger partial charge in [0.05, 0.1) is 0 Å². The van der Waals surface area contributed by atoms with Crippen molar-refractivity contribution in [3.05, 3.63) is 35.4 Å². The number of carbonyl (C=O) groups is 1. The molecule has 1 aromatic carbocycles. The molecule has 0 unspecified atom stereocenters. The van der Waals surface area contributed by atoms with Gasteiger partial charge in [0.1, 0.15) is 0 Å². The molecule has 2 saturated carbocycles. The molecule has 2 heteroatoms. The lowest BCUT2D eigenvalue weighted by Crippen LogP contribution is -2.40. The van der Waals surface area contributed by atoms with E-state index in [9.17, 15) is 4.79 Å². The lowest BCUT2D eigenvalue weighted by Gasteiger charge is -2.28. The fourth-order valence-corrected chi connectivity index (χ4v) is 4.67. The van der Waals surface area contributed by atoms with Gasteiger partial charge in [0.2, 0.25) is 5.91 Å². The predicted octanol–water partition coefficient (Wildman–Crippen LogP) is 4.68. The zero-order valence-electron chi connectivity index (χ0n) is 14.8. The van der Waals surface area contributed by atoms with E-state index >= 15 is 0 Å². The molecule has 2 fully saturated rings. The zero-order chi connectivity index (χ0) is 16.4. The van der Waals surface area contributed by atoms with E-state index in [1.807, 2.05) is 0 Å². The minimum absolute atomic E-state index is 0.216. The molecule has 1 N–H and O–H groups in total. The van der Waals surface area contributed by atoms with Crippen molar-refractivity contribution < 1.29 is 4.79 Å². The molecule has 4 atom stereocenters. The first-order valence-corrected chi connectivity index (χ1v) is 9.41. The van der Waals surface area contributed by atoms with Crippen molar-refractivity contribution in [3.63, 3.8) is 0 Å². The van der Waals surface area contributed by atoms with Gasteiger partial charge in [0.25, 0.3) is 0 Å². The minimum atomic E-state index is 0.216. The summed E-state index contributed by atoms with van der Waals surface area (Å²) in [5.74, 6) is 3.33. The van der Waals surface area contributed by atoms with Crippen molar-refractivity contribution >= 4 is 5.91 Å². The maximum absolute atomic E-state index is 12.3. The van der Waals surface area contributed by atoms with Gasteiger partial charge in [-0.25, -0.2) is 0 Å². The highest BCUT2D eigenvalue weighted by Crippen LogP contribution is 2.49. The monoisotopic (exact) mass is 313 g/mol. The number of rotatable bonds is 6. The van der Waals surface area contributed by atoms with E-state index < -0.39 is 0 Å². The maximum atomic E-state index is 12.3. The van der Waals surface area contributed by atoms with Gasteiger partial charge in [0, 0.05) is 12.5 Å². The second-order valence-electron chi connectivity index (χ2n) is 8.09. The molecule has 0 spiro atoms. The molecule has 1 amide bonds. The Hall–Kier alpha value is -1.31. The van der Waals surface area contributed by atoms with Crippen LogP contribution in [0, 0.1) is 17.8 Å². The average molecular weight is 313 g/mol. The highest BCUT2D eigenvalue weighted by molar-refractivity contribution is 5.76. The van der Waals surface area contributed by atoms with Crippen LogP contribution in [-0.2, 0) is 11.2 Å². The molecule has 0 heterocycles. The van der Waals surface area contributed by atoms with Crippen molar-refractivity contribution in [2.75, 3.05) is 0 Å². The quantitative estimate of drug-likeness (QED) is 0.811. The third kappa shape index (κ3) is 3.97. The molecular formula is C21H31NO. The molecule has 2 bridgehead atoms. The van der Waals surface area contributed by atoms with Gasteiger partial charge in [-0.3, -0.25) is 4.79 Å². The fraction of sp³-hybridized carbons (Fsp3) is 0.667. The zero-order valence-corrected chi connectivity index (χ0v) is 14.8. The van der Waals surface area contributed by atoms with Gasteiger partial charge in [-0.1, -0.05) is 44.5 Å². The highest BCUT2D eigenvalue weighted by atomic mass is 16.1. The van der Waals surface area contributed by atoms with Gasteiger partial charge in [-0.05, 0) is 67.4 Å². The summed E-state index contributed by atoms with van der Waals surface area (Å²) < 4.78 is 0. The molecule has 0 saturated heterocycles. The van der Waals surface area contributed by atoms with Crippen LogP contribution in [0.2, 0.25) is 0 Å². The van der Waals surface area contributed by atoms with Crippen LogP contribution in [0.4, 0.5) is 0 Å². The third-order valence-corrected chi connectivity index (χ3v) is 6.11. The van der Waals surface area contributed by atoms with Gasteiger partial charge in [-0.15, -0.1) is 0 Å². The molecule has 2 aliphatic rings. The highest BCUT2D eigenvalue weighted by Gasteiger charge is 2.41. The standard InChI is InChI=1S/C21H31NO/c1-14(2)18-8-4-16(5-9-18)7-11-21(23)22-15(3)20-13-17-6-10-19(20)12-17/h4-5,8-9,14-15,17,19-20H,6-7,10-13H2,1-3H3,(H,22,23)/t15-,17-,19-,20-/m1/s1. The van der Waals surface area contributed by atoms with Crippen LogP contribution >= 0.6 is 0 Å². The first kappa shape index (κ1) is 16.5. The van der Waals surface area contributed by atoms with Crippen molar-refractivity contribution in [3.8, 4) is 0 Å². The molecule has 3 rings (SSSR count). The first-order chi connectivity index (χ1) is 11.0. The number of hydrogen-bond donors (Lipinski definition) is 1. The van der Waals surface area contributed by atoms with Crippen LogP contribution in [-0.4, -0.2) is 11.9 Å². The minimum Gasteiger partial charge on any atom is -0.353 e. The SMILES string of the molecule is CC(C)c1ccc(CCC(=O)N[C@H](C)[C@H]2C[C@@H]3CC[C@@H]2C3)cc1. The number of hydrogen-bond acceptors (Lipinski definition) is 1. The largest absolute Gasteiger partial charge is 0.353 e. The van der Waals surface area contributed by atoms with Gasteiger partial charge in [0.15, 0.2) is 0 Å². The third-order valence-electron chi connectivity index (χ3n) is 6.11. The normalized spacial score (nSPS) is 27.4. The number of nitrogens with one attached hydrogen (secondary N) is 1. The average Bonchev–Trinajstić information content (AvgIpc) is 3.16. The van der Waals surface area contributed by atoms with E-state index in [4.69, 9.17) is 0 Å². The van der Waals surface area contributed by atoms with E-state index in [1.165, 1.54) is 36.8 Å². The summed E-state index contributed by atoms with van der Waals surface area (Å²) >= 11 is 0. The number of fused-ring (bicyclic) bond motifs is 2. The van der Waals surface area contributed by atoms with E-state index in [-0.39, 0.29) is 5.91 Å². The summed E-state index contributed by atoms with van der Waals surface area (Å²) in [5.41, 5.74) is 2.63. The van der Waals surface area contributed by atoms with E-state index in [0.29, 0.717) is 18.4 Å². The van der Waals surface area contributed by atoms with Gasteiger partial charge < -0.3 is 5.32 Å². The van der Waals surface area contributed by atoms with E-state index in [1.54, 1.807) is 0 Å². The Balaban J connectivity index is 1.44. The maximum Gasteiger partial charge on any atom is 0.220 e. The predicted molar refractivity (Wildman–Crippen MR) is 95.4 cm³/mol. The Labute approximate surface area is 141 Å². The van der Waals surface area contributed by atoms with E-state index in [0.717, 1.165) is 24.2 Å². The molecule has 23 heavy (non-hydrogen) atoms. The van der Waals surface area contributed by atoms with E-state index in [2.05, 4.69) is 50.4 Å². The molecule has 0 aliphatic heterocycles. The van der Waals surface area contributed by atoms with Gasteiger partial charge in [-0.2, -0.15) is 0 Å². The molecule has 1 aromatic rings. The lowest BCUT2D eigenvalue weighted by atomic mass is 9.84. The summed E-state index contributed by atoms with van der Waals surface area (Å²) in [7, 11) is 0. The van der Waals surface area contributed by atoms with Gasteiger partial charge >= 0.3 is 0 Å². The van der Waals surface area contributed by atoms with Crippen LogP contribution < -0.4 is 5.32 Å². The summed E-state index contributed by atoms with van der Waals surface area (Å²) in [6, 6.07) is 9.07. The van der Waals surface area contributed by atoms with Crippen LogP contribution in [0.1, 0.15) is 69.9 Å². The smallest absolute Gasteiger partial charge is 0.220 e. The van der Waals surface area contributed by atoms with Crippen molar-refractivity contribution in [2.45, 2.75) is 71.3 Å². The summed E-state index contributed by atoms with van der Waals surface area (Å²) in [5, 5.41) is 3.27. The Morgan fingerprint density at radius 2 is 1.87 bits per heavy atom. The number of aryl methyl sites for hydroxylation is 1. The van der Waals surface area contributed by atoms with Crippen molar-refractivity contribution in [2.24, 2.45) is 17.8 Å². The second-order valence-corrected chi connectivity index (χ2v) is 8.09. The van der Waals surface area contributed by atoms with Crippen LogP contribution in [0.5, 0.6) is 0 Å². The Morgan fingerprint density at radius 1 is 1.13 bits per heavy atom. The number of benzene rings is 1. The van der Waals surface area contributed by atoms with Crippen molar-refractivity contribution in [1.29, 1.82) is 0 Å². The first-order valence-electron chi connectivity index (χ1n) is 9.41. The second kappa shape index (κ2) is 7.07. The molecular weight excluding hydrogens is 282 g/mol. The molecule has 0 radical (unpaired) electrons. The lowest BCUT2D eigenvalue weighted by molar-refractivity contribution is -0.122. The Bertz CT molecular complexity index is 533. The molecule has 2 nitrogen and oxygen atoms in total. The molecule has 2 aliphatic carbocycles. The Morgan fingerprint density at radius 3 is 2.43 bits per heavy atom. The topological polar surface area (TPSA) is 29.1 Å². The molecule has 0 aromatic heterocycles.